The maximum Gasteiger partial charge on any atom is 0.229 e. The fourth-order valence-electron chi connectivity index (χ4n) is 4.88. The molecule has 0 bridgehead atoms. The van der Waals surface area contributed by atoms with Crippen LogP contribution in [0.25, 0.3) is 0 Å². The lowest BCUT2D eigenvalue weighted by molar-refractivity contribution is -0.122. The van der Waals surface area contributed by atoms with E-state index in [2.05, 4.69) is 32.5 Å². The van der Waals surface area contributed by atoms with Crippen LogP contribution in [0.5, 0.6) is 0 Å². The molecule has 6 nitrogen and oxygen atoms in total. The third-order valence-electron chi connectivity index (χ3n) is 7.12. The number of likely N-dealkylation sites (tertiary alicyclic amines) is 1. The van der Waals surface area contributed by atoms with E-state index in [1.807, 2.05) is 24.3 Å². The molecule has 5 rings (SSSR count). The number of nitrogens with one attached hydrogen (secondary N) is 1. The van der Waals surface area contributed by atoms with Crippen molar-refractivity contribution in [2.75, 3.05) is 19.6 Å². The smallest absolute Gasteiger partial charge is 0.229 e. The van der Waals surface area contributed by atoms with E-state index in [1.165, 1.54) is 17.7 Å². The number of hydrogen-bond donors (Lipinski definition) is 1. The molecular weight excluding hydrogens is 443 g/mol. The van der Waals surface area contributed by atoms with Crippen LogP contribution in [-0.2, 0) is 11.2 Å². The van der Waals surface area contributed by atoms with Crippen LogP contribution < -0.4 is 5.32 Å². The summed E-state index contributed by atoms with van der Waals surface area (Å²) in [6, 6.07) is 16.6. The number of carbonyl (C=O) groups excluding carboxylic acids is 1. The summed E-state index contributed by atoms with van der Waals surface area (Å²) < 4.78 is 19.5. The van der Waals surface area contributed by atoms with Crippen molar-refractivity contribution in [3.8, 4) is 0 Å². The van der Waals surface area contributed by atoms with Crippen LogP contribution in [0.2, 0.25) is 0 Å². The second-order valence-electron chi connectivity index (χ2n) is 9.94. The van der Waals surface area contributed by atoms with Gasteiger partial charge in [0.05, 0.1) is 6.04 Å². The number of nitrogens with zero attached hydrogens (tertiary/aromatic N) is 3. The minimum Gasteiger partial charge on any atom is -0.349 e. The van der Waals surface area contributed by atoms with Crippen LogP contribution in [0.15, 0.2) is 59.1 Å². The Labute approximate surface area is 205 Å². The molecule has 0 spiro atoms. The standard InChI is InChI=1S/C28H33FN4O2/c29-24-8-4-7-23(19-24)25(30-27(34)18-21-9-10-21)13-16-33-14-11-22(12-15-33)28-31-26(32-35-28)17-20-5-2-1-3-6-20/h1-8,19,21-22,25H,9-18H2,(H,30,34). The van der Waals surface area contributed by atoms with Crippen molar-refractivity contribution in [3.05, 3.63) is 83.3 Å². The summed E-state index contributed by atoms with van der Waals surface area (Å²) in [5, 5.41) is 7.35. The molecule has 1 aromatic heterocycles. The third-order valence-corrected chi connectivity index (χ3v) is 7.12. The number of halogens is 1. The Bertz CT molecular complexity index is 1110. The molecule has 0 radical (unpaired) electrons. The van der Waals surface area contributed by atoms with Gasteiger partial charge in [0, 0.05) is 25.3 Å². The highest BCUT2D eigenvalue weighted by Gasteiger charge is 2.28. The lowest BCUT2D eigenvalue weighted by Gasteiger charge is -2.31. The lowest BCUT2D eigenvalue weighted by Crippen LogP contribution is -2.37. The van der Waals surface area contributed by atoms with E-state index in [0.717, 1.165) is 69.0 Å². The third kappa shape index (κ3) is 6.75. The molecule has 1 saturated carbocycles. The maximum atomic E-state index is 13.9. The van der Waals surface area contributed by atoms with Crippen LogP contribution in [0.3, 0.4) is 0 Å². The van der Waals surface area contributed by atoms with E-state index in [-0.39, 0.29) is 23.7 Å². The summed E-state index contributed by atoms with van der Waals surface area (Å²) in [6.45, 7) is 2.72. The molecule has 2 fully saturated rings. The molecular formula is C28H33FN4O2. The molecule has 35 heavy (non-hydrogen) atoms. The first-order valence-corrected chi connectivity index (χ1v) is 12.8. The van der Waals surface area contributed by atoms with Crippen LogP contribution in [0.1, 0.15) is 73.3 Å². The number of aromatic nitrogens is 2. The molecule has 2 heterocycles. The summed E-state index contributed by atoms with van der Waals surface area (Å²) in [4.78, 5) is 19.6. The second-order valence-corrected chi connectivity index (χ2v) is 9.94. The van der Waals surface area contributed by atoms with Crippen molar-refractivity contribution in [2.45, 2.75) is 56.9 Å². The number of benzene rings is 2. The quantitative estimate of drug-likeness (QED) is 0.445. The largest absolute Gasteiger partial charge is 0.349 e. The fraction of sp³-hybridized carbons (Fsp3) is 0.464. The SMILES string of the molecule is O=C(CC1CC1)NC(CCN1CCC(c2nc(Cc3ccccc3)no2)CC1)c1cccc(F)c1. The Morgan fingerprint density at radius 1 is 1.09 bits per heavy atom. The number of amides is 1. The fourth-order valence-corrected chi connectivity index (χ4v) is 4.88. The zero-order chi connectivity index (χ0) is 24.0. The second kappa shape index (κ2) is 11.1. The van der Waals surface area contributed by atoms with Gasteiger partial charge in [0.2, 0.25) is 11.8 Å². The first kappa shape index (κ1) is 23.7. The first-order chi connectivity index (χ1) is 17.1. The Morgan fingerprint density at radius 3 is 2.63 bits per heavy atom. The molecule has 1 atom stereocenters. The van der Waals surface area contributed by atoms with Gasteiger partial charge in [0.1, 0.15) is 5.82 Å². The zero-order valence-electron chi connectivity index (χ0n) is 20.0. The normalized spacial score (nSPS) is 17.9. The van der Waals surface area contributed by atoms with E-state index in [4.69, 9.17) is 4.52 Å². The summed E-state index contributed by atoms with van der Waals surface area (Å²) in [7, 11) is 0. The van der Waals surface area contributed by atoms with E-state index in [1.54, 1.807) is 6.07 Å². The predicted octanol–water partition coefficient (Wildman–Crippen LogP) is 5.03. The van der Waals surface area contributed by atoms with Gasteiger partial charge in [-0.25, -0.2) is 4.39 Å². The summed E-state index contributed by atoms with van der Waals surface area (Å²) in [5.74, 6) is 2.08. The summed E-state index contributed by atoms with van der Waals surface area (Å²) in [5.41, 5.74) is 2.01. The number of hydrogen-bond acceptors (Lipinski definition) is 5. The van der Waals surface area contributed by atoms with Crippen molar-refractivity contribution in [1.82, 2.24) is 20.4 Å². The monoisotopic (exact) mass is 476 g/mol. The summed E-state index contributed by atoms with van der Waals surface area (Å²) in [6.07, 6.45) is 6.22. The molecule has 1 N–H and O–H groups in total. The highest BCUT2D eigenvalue weighted by molar-refractivity contribution is 5.77. The number of carbonyl (C=O) groups is 1. The van der Waals surface area contributed by atoms with Crippen molar-refractivity contribution in [3.63, 3.8) is 0 Å². The van der Waals surface area contributed by atoms with Crippen LogP contribution in [0.4, 0.5) is 4.39 Å². The van der Waals surface area contributed by atoms with Gasteiger partial charge in [-0.1, -0.05) is 47.6 Å². The lowest BCUT2D eigenvalue weighted by atomic mass is 9.96. The van der Waals surface area contributed by atoms with E-state index >= 15 is 0 Å². The number of piperidine rings is 1. The highest BCUT2D eigenvalue weighted by Crippen LogP contribution is 2.33. The van der Waals surface area contributed by atoms with Gasteiger partial charge in [0.25, 0.3) is 0 Å². The molecule has 3 aromatic rings. The van der Waals surface area contributed by atoms with Gasteiger partial charge in [-0.05, 0) is 74.4 Å². The first-order valence-electron chi connectivity index (χ1n) is 12.8. The maximum absolute atomic E-state index is 13.9. The van der Waals surface area contributed by atoms with Crippen molar-refractivity contribution < 1.29 is 13.7 Å². The Hall–Kier alpha value is -3.06. The average molecular weight is 477 g/mol. The van der Waals surface area contributed by atoms with Crippen molar-refractivity contribution >= 4 is 5.91 Å². The van der Waals surface area contributed by atoms with E-state index < -0.39 is 0 Å². The molecule has 1 aliphatic heterocycles. The Morgan fingerprint density at radius 2 is 1.89 bits per heavy atom. The van der Waals surface area contributed by atoms with Crippen molar-refractivity contribution in [2.24, 2.45) is 5.92 Å². The number of rotatable bonds is 10. The summed E-state index contributed by atoms with van der Waals surface area (Å²) >= 11 is 0. The van der Waals surface area contributed by atoms with Gasteiger partial charge >= 0.3 is 0 Å². The topological polar surface area (TPSA) is 71.3 Å². The molecule has 1 saturated heterocycles. The molecule has 2 aromatic carbocycles. The van der Waals surface area contributed by atoms with Gasteiger partial charge in [-0.3, -0.25) is 4.79 Å². The molecule has 1 aliphatic carbocycles. The minimum atomic E-state index is -0.268. The van der Waals surface area contributed by atoms with E-state index in [9.17, 15) is 9.18 Å². The molecule has 7 heteroatoms. The zero-order valence-corrected chi connectivity index (χ0v) is 20.0. The molecule has 2 aliphatic rings. The van der Waals surface area contributed by atoms with Crippen LogP contribution in [0, 0.1) is 11.7 Å². The Balaban J connectivity index is 1.13. The van der Waals surface area contributed by atoms with Gasteiger partial charge in [-0.15, -0.1) is 0 Å². The van der Waals surface area contributed by atoms with Gasteiger partial charge < -0.3 is 14.7 Å². The van der Waals surface area contributed by atoms with Crippen LogP contribution in [-0.4, -0.2) is 40.6 Å². The van der Waals surface area contributed by atoms with Gasteiger partial charge in [-0.2, -0.15) is 4.98 Å². The van der Waals surface area contributed by atoms with Crippen LogP contribution >= 0.6 is 0 Å². The van der Waals surface area contributed by atoms with E-state index in [0.29, 0.717) is 18.8 Å². The predicted molar refractivity (Wildman–Crippen MR) is 131 cm³/mol. The molecule has 1 amide bonds. The molecule has 1 unspecified atom stereocenters. The minimum absolute atomic E-state index is 0.0724. The van der Waals surface area contributed by atoms with Gasteiger partial charge in [0.15, 0.2) is 5.82 Å². The molecule has 184 valence electrons. The average Bonchev–Trinajstić information content (AvgIpc) is 3.57. The Kier molecular flexibility index (Phi) is 7.52. The highest BCUT2D eigenvalue weighted by atomic mass is 19.1. The van der Waals surface area contributed by atoms with Crippen molar-refractivity contribution in [1.29, 1.82) is 0 Å².